The summed E-state index contributed by atoms with van der Waals surface area (Å²) in [6.45, 7) is 1.92. The van der Waals surface area contributed by atoms with E-state index in [0.717, 1.165) is 19.0 Å². The molecule has 0 spiro atoms. The molecule has 12 heteroatoms. The van der Waals surface area contributed by atoms with Gasteiger partial charge in [0.1, 0.15) is 24.0 Å². The number of nitrogens with two attached hydrogens (primary N) is 1. The number of aliphatic carboxylic acids is 1. The molecule has 32 heavy (non-hydrogen) atoms. The van der Waals surface area contributed by atoms with Gasteiger partial charge in [0, 0.05) is 19.0 Å². The summed E-state index contributed by atoms with van der Waals surface area (Å²) in [5.74, 6) is -2.51. The third-order valence-electron chi connectivity index (χ3n) is 4.94. The van der Waals surface area contributed by atoms with E-state index in [2.05, 4.69) is 4.99 Å². The Morgan fingerprint density at radius 1 is 1.12 bits per heavy atom. The number of alkyl halides is 3. The lowest BCUT2D eigenvalue weighted by molar-refractivity contribution is -0.284. The number of aliphatic imine (C=N–C) groups is 1. The number of carboxylic acid groups (broad SMARTS) is 1. The Kier molecular flexibility index (Phi) is 8.24. The summed E-state index contributed by atoms with van der Waals surface area (Å²) in [4.78, 5) is 14.5. The van der Waals surface area contributed by atoms with Gasteiger partial charge in [-0.15, -0.1) is 0 Å². The van der Waals surface area contributed by atoms with Crippen LogP contribution in [-0.2, 0) is 27.1 Å². The summed E-state index contributed by atoms with van der Waals surface area (Å²) in [7, 11) is 0.919. The van der Waals surface area contributed by atoms with Crippen molar-refractivity contribution in [2.75, 3.05) is 7.05 Å². The Hall–Kier alpha value is -2.67. The SMILES string of the molecule is CCc1ccc(CC(C(=NC)C(F)(F)F)=C(N)O[C@@H]2OC(C(=O)O)[C@@H](O)[C@H](O)[C@H]2O)cc1. The lowest BCUT2D eigenvalue weighted by Crippen LogP contribution is -2.60. The number of halogens is 3. The molecule has 0 aromatic heterocycles. The number of aliphatic hydroxyl groups excluding tert-OH is 3. The van der Waals surface area contributed by atoms with Crippen LogP contribution >= 0.6 is 0 Å². The van der Waals surface area contributed by atoms with E-state index < -0.39 is 60.0 Å². The number of hydrogen-bond donors (Lipinski definition) is 5. The van der Waals surface area contributed by atoms with Gasteiger partial charge >= 0.3 is 12.1 Å². The van der Waals surface area contributed by atoms with E-state index in [9.17, 15) is 33.3 Å². The standard InChI is InChI=1S/C20H25F3N2O7/c1-3-9-4-6-10(7-5-9)8-11(16(25-2)20(21,22)23)17(24)32-19-14(28)12(26)13(27)15(31-19)18(29)30/h4-7,12-15,19,26-28H,3,8,24H2,1-2H3,(H,29,30)/t12-,13-,14+,15?,19-/m0/s1. The molecule has 0 bridgehead atoms. The van der Waals surface area contributed by atoms with E-state index in [4.69, 9.17) is 20.3 Å². The maximum atomic E-state index is 13.6. The summed E-state index contributed by atoms with van der Waals surface area (Å²) in [5, 5.41) is 38.8. The fourth-order valence-electron chi connectivity index (χ4n) is 3.16. The van der Waals surface area contributed by atoms with Crippen molar-refractivity contribution in [2.24, 2.45) is 10.7 Å². The number of carbonyl (C=O) groups is 1. The average molecular weight is 462 g/mol. The molecule has 1 heterocycles. The van der Waals surface area contributed by atoms with Gasteiger partial charge in [-0.1, -0.05) is 31.2 Å². The summed E-state index contributed by atoms with van der Waals surface area (Å²) in [6.07, 6.45) is -14.5. The van der Waals surface area contributed by atoms with Gasteiger partial charge in [0.2, 0.25) is 6.29 Å². The van der Waals surface area contributed by atoms with Crippen LogP contribution in [0.25, 0.3) is 0 Å². The van der Waals surface area contributed by atoms with Crippen LogP contribution in [0.4, 0.5) is 13.2 Å². The lowest BCUT2D eigenvalue weighted by Gasteiger charge is -2.38. The molecule has 0 aliphatic carbocycles. The first-order valence-electron chi connectivity index (χ1n) is 9.60. The maximum Gasteiger partial charge on any atom is 0.433 e. The van der Waals surface area contributed by atoms with Crippen molar-refractivity contribution in [3.05, 3.63) is 46.8 Å². The fourth-order valence-corrected chi connectivity index (χ4v) is 3.16. The first kappa shape index (κ1) is 25.6. The van der Waals surface area contributed by atoms with Crippen LogP contribution in [0.15, 0.2) is 40.7 Å². The molecule has 9 nitrogen and oxygen atoms in total. The van der Waals surface area contributed by atoms with E-state index in [1.165, 1.54) is 0 Å². The molecule has 1 aliphatic heterocycles. The Morgan fingerprint density at radius 3 is 2.16 bits per heavy atom. The minimum atomic E-state index is -4.90. The van der Waals surface area contributed by atoms with Gasteiger partial charge in [0.15, 0.2) is 12.0 Å². The first-order valence-corrected chi connectivity index (χ1v) is 9.60. The third kappa shape index (κ3) is 5.76. The predicted molar refractivity (Wildman–Crippen MR) is 106 cm³/mol. The largest absolute Gasteiger partial charge is 0.479 e. The van der Waals surface area contributed by atoms with Crippen molar-refractivity contribution < 1.29 is 47.9 Å². The number of nitrogens with zero attached hydrogens (tertiary/aromatic N) is 1. The molecule has 0 amide bonds. The van der Waals surface area contributed by atoms with Crippen LogP contribution in [0, 0.1) is 0 Å². The quantitative estimate of drug-likeness (QED) is 0.290. The zero-order chi connectivity index (χ0) is 24.2. The van der Waals surface area contributed by atoms with Crippen LogP contribution in [0.2, 0.25) is 0 Å². The topological polar surface area (TPSA) is 155 Å². The molecule has 1 saturated heterocycles. The summed E-state index contributed by atoms with van der Waals surface area (Å²) < 4.78 is 50.8. The molecule has 0 saturated carbocycles. The number of benzene rings is 1. The van der Waals surface area contributed by atoms with Gasteiger partial charge in [-0.2, -0.15) is 13.2 Å². The van der Waals surface area contributed by atoms with E-state index in [0.29, 0.717) is 5.56 Å². The monoisotopic (exact) mass is 462 g/mol. The van der Waals surface area contributed by atoms with Gasteiger partial charge in [0.05, 0.1) is 0 Å². The van der Waals surface area contributed by atoms with Crippen LogP contribution < -0.4 is 5.73 Å². The van der Waals surface area contributed by atoms with Crippen LogP contribution in [0.5, 0.6) is 0 Å². The summed E-state index contributed by atoms with van der Waals surface area (Å²) >= 11 is 0. The summed E-state index contributed by atoms with van der Waals surface area (Å²) in [6, 6.07) is 6.71. The number of hydrogen-bond acceptors (Lipinski definition) is 8. The van der Waals surface area contributed by atoms with Crippen molar-refractivity contribution in [3.8, 4) is 0 Å². The average Bonchev–Trinajstić information content (AvgIpc) is 2.73. The van der Waals surface area contributed by atoms with Crippen molar-refractivity contribution in [2.45, 2.75) is 56.6 Å². The normalized spacial score (nSPS) is 27.6. The second kappa shape index (κ2) is 10.3. The zero-order valence-corrected chi connectivity index (χ0v) is 17.3. The Balaban J connectivity index is 2.43. The minimum Gasteiger partial charge on any atom is -0.479 e. The highest BCUT2D eigenvalue weighted by Crippen LogP contribution is 2.29. The van der Waals surface area contributed by atoms with Crippen molar-refractivity contribution >= 4 is 11.7 Å². The van der Waals surface area contributed by atoms with Crippen LogP contribution in [-0.4, -0.2) is 76.0 Å². The molecule has 1 fully saturated rings. The second-order valence-corrected chi connectivity index (χ2v) is 7.11. The highest BCUT2D eigenvalue weighted by molar-refractivity contribution is 6.04. The van der Waals surface area contributed by atoms with E-state index in [1.54, 1.807) is 24.3 Å². The number of rotatable bonds is 7. The Morgan fingerprint density at radius 2 is 1.69 bits per heavy atom. The first-order chi connectivity index (χ1) is 14.9. The highest BCUT2D eigenvalue weighted by atomic mass is 19.4. The van der Waals surface area contributed by atoms with E-state index in [-0.39, 0.29) is 6.42 Å². The molecule has 178 valence electrons. The predicted octanol–water partition coefficient (Wildman–Crippen LogP) is 0.504. The highest BCUT2D eigenvalue weighted by Gasteiger charge is 2.48. The van der Waals surface area contributed by atoms with Gasteiger partial charge in [-0.3, -0.25) is 4.99 Å². The van der Waals surface area contributed by atoms with Crippen molar-refractivity contribution in [1.82, 2.24) is 0 Å². The third-order valence-corrected chi connectivity index (χ3v) is 4.94. The minimum absolute atomic E-state index is 0.349. The Bertz CT molecular complexity index is 871. The molecule has 1 aromatic rings. The number of aryl methyl sites for hydroxylation is 1. The van der Waals surface area contributed by atoms with Gasteiger partial charge < -0.3 is 35.6 Å². The van der Waals surface area contributed by atoms with Crippen LogP contribution in [0.1, 0.15) is 18.1 Å². The molecular formula is C20H25F3N2O7. The number of ether oxygens (including phenoxy) is 2. The number of aliphatic hydroxyl groups is 3. The van der Waals surface area contributed by atoms with Crippen molar-refractivity contribution in [1.29, 1.82) is 0 Å². The molecule has 2 rings (SSSR count). The molecular weight excluding hydrogens is 437 g/mol. The maximum absolute atomic E-state index is 13.6. The van der Waals surface area contributed by atoms with Crippen molar-refractivity contribution in [3.63, 3.8) is 0 Å². The molecule has 0 radical (unpaired) electrons. The fraction of sp³-hybridized carbons (Fsp3) is 0.500. The second-order valence-electron chi connectivity index (χ2n) is 7.11. The van der Waals surface area contributed by atoms with Gasteiger partial charge in [-0.05, 0) is 17.5 Å². The summed E-state index contributed by atoms with van der Waals surface area (Å²) in [5.41, 5.74) is 5.29. The molecule has 1 aromatic carbocycles. The van der Waals surface area contributed by atoms with Crippen LogP contribution in [0.3, 0.4) is 0 Å². The molecule has 1 unspecified atom stereocenters. The molecule has 1 aliphatic rings. The molecule has 6 N–H and O–H groups in total. The number of carboxylic acids is 1. The van der Waals surface area contributed by atoms with E-state index in [1.807, 2.05) is 6.92 Å². The lowest BCUT2D eigenvalue weighted by atomic mass is 9.98. The van der Waals surface area contributed by atoms with E-state index >= 15 is 0 Å². The smallest absolute Gasteiger partial charge is 0.433 e. The zero-order valence-electron chi connectivity index (χ0n) is 17.3. The number of allylic oxidation sites excluding steroid dienone is 1. The van der Waals surface area contributed by atoms with Gasteiger partial charge in [-0.25, -0.2) is 4.79 Å². The van der Waals surface area contributed by atoms with Gasteiger partial charge in [0.25, 0.3) is 0 Å². The molecule has 5 atom stereocenters. The Labute approximate surface area is 181 Å².